The van der Waals surface area contributed by atoms with Gasteiger partial charge in [-0.2, -0.15) is 0 Å². The molecule has 2 atom stereocenters. The second kappa shape index (κ2) is 6.66. The molecule has 0 spiro atoms. The highest BCUT2D eigenvalue weighted by atomic mass is 16.5. The molecule has 0 fully saturated rings. The third-order valence-electron chi connectivity index (χ3n) is 2.72. The fraction of sp³-hybridized carbons (Fsp3) is 0.750. The van der Waals surface area contributed by atoms with Crippen LogP contribution in [0.4, 0.5) is 0 Å². The van der Waals surface area contributed by atoms with E-state index in [2.05, 4.69) is 28.7 Å². The van der Waals surface area contributed by atoms with E-state index < -0.39 is 0 Å². The molecule has 1 heterocycles. The number of nitrogens with one attached hydrogen (secondary N) is 1. The Morgan fingerprint density at radius 2 is 2.19 bits per heavy atom. The van der Waals surface area contributed by atoms with Gasteiger partial charge in [0, 0.05) is 26.0 Å². The zero-order valence-electron chi connectivity index (χ0n) is 10.7. The number of rotatable bonds is 7. The van der Waals surface area contributed by atoms with E-state index in [9.17, 15) is 0 Å². The maximum Gasteiger partial charge on any atom is 0.128 e. The molecule has 1 N–H and O–H groups in total. The van der Waals surface area contributed by atoms with Crippen molar-refractivity contribution in [1.29, 1.82) is 0 Å². The number of ether oxygens (including phenoxy) is 1. The van der Waals surface area contributed by atoms with Gasteiger partial charge >= 0.3 is 0 Å². The zero-order valence-corrected chi connectivity index (χ0v) is 10.7. The lowest BCUT2D eigenvalue weighted by Crippen LogP contribution is -2.35. The molecule has 0 bridgehead atoms. The monoisotopic (exact) mass is 225 g/mol. The Labute approximate surface area is 98.0 Å². The van der Waals surface area contributed by atoms with Crippen LogP contribution in [0.1, 0.15) is 39.1 Å². The van der Waals surface area contributed by atoms with Crippen LogP contribution in [0.25, 0.3) is 0 Å². The van der Waals surface area contributed by atoms with Gasteiger partial charge in [0.05, 0.1) is 12.1 Å². The molecule has 0 amide bonds. The summed E-state index contributed by atoms with van der Waals surface area (Å²) in [4.78, 5) is 4.41. The zero-order chi connectivity index (χ0) is 12.0. The van der Waals surface area contributed by atoms with Crippen molar-refractivity contribution < 1.29 is 4.74 Å². The van der Waals surface area contributed by atoms with E-state index in [1.165, 1.54) is 0 Å². The van der Waals surface area contributed by atoms with Crippen molar-refractivity contribution in [1.82, 2.24) is 14.9 Å². The van der Waals surface area contributed by atoms with Crippen molar-refractivity contribution in [2.75, 3.05) is 13.2 Å². The van der Waals surface area contributed by atoms with Crippen molar-refractivity contribution in [3.05, 3.63) is 18.2 Å². The van der Waals surface area contributed by atoms with Crippen LogP contribution in [0.3, 0.4) is 0 Å². The highest BCUT2D eigenvalue weighted by molar-refractivity contribution is 5.01. The second-order valence-corrected chi connectivity index (χ2v) is 3.83. The van der Waals surface area contributed by atoms with Crippen molar-refractivity contribution >= 4 is 0 Å². The molecule has 1 aromatic rings. The summed E-state index contributed by atoms with van der Waals surface area (Å²) in [5.74, 6) is 1.04. The molecule has 1 rings (SSSR count). The average molecular weight is 225 g/mol. The van der Waals surface area contributed by atoms with Gasteiger partial charge in [0.15, 0.2) is 0 Å². The Hall–Kier alpha value is -0.870. The Morgan fingerprint density at radius 1 is 1.44 bits per heavy atom. The normalized spacial score (nSPS) is 15.0. The molecule has 0 aliphatic carbocycles. The van der Waals surface area contributed by atoms with E-state index in [1.54, 1.807) is 0 Å². The first-order valence-electron chi connectivity index (χ1n) is 6.06. The Morgan fingerprint density at radius 3 is 2.62 bits per heavy atom. The highest BCUT2D eigenvalue weighted by Crippen LogP contribution is 2.19. The minimum atomic E-state index is 0.176. The predicted molar refractivity (Wildman–Crippen MR) is 65.3 cm³/mol. The Kier molecular flexibility index (Phi) is 5.49. The minimum Gasteiger partial charge on any atom is -0.376 e. The van der Waals surface area contributed by atoms with Gasteiger partial charge in [-0.15, -0.1) is 0 Å². The molecule has 0 aliphatic heterocycles. The van der Waals surface area contributed by atoms with E-state index in [0.29, 0.717) is 0 Å². The first-order valence-corrected chi connectivity index (χ1v) is 6.06. The Bertz CT molecular complexity index is 298. The van der Waals surface area contributed by atoms with Crippen LogP contribution in [0.15, 0.2) is 12.4 Å². The maximum atomic E-state index is 5.77. The van der Waals surface area contributed by atoms with Crippen LogP contribution in [0.5, 0.6) is 0 Å². The number of hydrogen-bond donors (Lipinski definition) is 1. The van der Waals surface area contributed by atoms with Crippen LogP contribution in [0.2, 0.25) is 0 Å². The van der Waals surface area contributed by atoms with Gasteiger partial charge in [-0.3, -0.25) is 0 Å². The summed E-state index contributed by atoms with van der Waals surface area (Å²) in [6, 6.07) is 0.176. The summed E-state index contributed by atoms with van der Waals surface area (Å²) in [5.41, 5.74) is 0. The lowest BCUT2D eigenvalue weighted by Gasteiger charge is -2.26. The fourth-order valence-corrected chi connectivity index (χ4v) is 1.95. The smallest absolute Gasteiger partial charge is 0.128 e. The Balaban J connectivity index is 2.84. The van der Waals surface area contributed by atoms with Crippen LogP contribution < -0.4 is 5.32 Å². The van der Waals surface area contributed by atoms with Crippen LogP contribution >= 0.6 is 0 Å². The molecule has 0 saturated carbocycles. The summed E-state index contributed by atoms with van der Waals surface area (Å²) in [6.45, 7) is 7.94. The second-order valence-electron chi connectivity index (χ2n) is 3.83. The van der Waals surface area contributed by atoms with Gasteiger partial charge in [-0.05, 0) is 19.9 Å². The number of hydrogen-bond acceptors (Lipinski definition) is 3. The highest BCUT2D eigenvalue weighted by Gasteiger charge is 2.24. The third kappa shape index (κ3) is 3.06. The van der Waals surface area contributed by atoms with E-state index in [4.69, 9.17) is 4.74 Å². The third-order valence-corrected chi connectivity index (χ3v) is 2.72. The summed E-state index contributed by atoms with van der Waals surface area (Å²) >= 11 is 0. The van der Waals surface area contributed by atoms with Crippen molar-refractivity contribution in [2.24, 2.45) is 7.05 Å². The lowest BCUT2D eigenvalue weighted by molar-refractivity contribution is 0.0289. The van der Waals surface area contributed by atoms with Crippen LogP contribution in [-0.4, -0.2) is 28.8 Å². The van der Waals surface area contributed by atoms with Crippen molar-refractivity contribution in [3.8, 4) is 0 Å². The van der Waals surface area contributed by atoms with Gasteiger partial charge in [-0.1, -0.05) is 13.8 Å². The van der Waals surface area contributed by atoms with Crippen molar-refractivity contribution in [3.63, 3.8) is 0 Å². The van der Waals surface area contributed by atoms with Gasteiger partial charge in [0.1, 0.15) is 5.82 Å². The molecule has 0 radical (unpaired) electrons. The van der Waals surface area contributed by atoms with E-state index in [-0.39, 0.29) is 12.1 Å². The number of aromatic nitrogens is 2. The predicted octanol–water partition coefficient (Wildman–Crippen LogP) is 1.89. The molecule has 4 heteroatoms. The maximum absolute atomic E-state index is 5.77. The van der Waals surface area contributed by atoms with E-state index in [1.807, 2.05) is 26.4 Å². The van der Waals surface area contributed by atoms with Crippen LogP contribution in [-0.2, 0) is 11.8 Å². The lowest BCUT2D eigenvalue weighted by atomic mass is 10.1. The summed E-state index contributed by atoms with van der Waals surface area (Å²) < 4.78 is 7.82. The summed E-state index contributed by atoms with van der Waals surface area (Å²) in [7, 11) is 2.02. The molecule has 92 valence electrons. The largest absolute Gasteiger partial charge is 0.376 e. The number of imidazole rings is 1. The number of likely N-dealkylation sites (N-methyl/N-ethyl adjacent to an activating group) is 1. The fourth-order valence-electron chi connectivity index (χ4n) is 1.95. The van der Waals surface area contributed by atoms with Crippen LogP contribution in [0, 0.1) is 0 Å². The molecule has 16 heavy (non-hydrogen) atoms. The molecular weight excluding hydrogens is 202 g/mol. The SMILES string of the molecule is CCNC(c1nccn1C)C(CC)OCC. The van der Waals surface area contributed by atoms with E-state index in [0.717, 1.165) is 25.4 Å². The minimum absolute atomic E-state index is 0.176. The molecule has 1 aromatic heterocycles. The quantitative estimate of drug-likeness (QED) is 0.770. The van der Waals surface area contributed by atoms with E-state index >= 15 is 0 Å². The van der Waals surface area contributed by atoms with Gasteiger partial charge in [0.25, 0.3) is 0 Å². The van der Waals surface area contributed by atoms with Gasteiger partial charge in [-0.25, -0.2) is 4.98 Å². The van der Waals surface area contributed by atoms with Gasteiger partial charge in [0.2, 0.25) is 0 Å². The summed E-state index contributed by atoms with van der Waals surface area (Å²) in [6.07, 6.45) is 4.97. The average Bonchev–Trinajstić information content (AvgIpc) is 2.69. The number of nitrogens with zero attached hydrogens (tertiary/aromatic N) is 2. The molecule has 4 nitrogen and oxygen atoms in total. The molecule has 2 unspecified atom stereocenters. The molecular formula is C12H23N3O. The molecule has 0 aliphatic rings. The topological polar surface area (TPSA) is 39.1 Å². The standard InChI is InChI=1S/C12H23N3O/c1-5-10(16-7-3)11(13-6-2)12-14-8-9-15(12)4/h8-11,13H,5-7H2,1-4H3. The molecule has 0 saturated heterocycles. The molecule has 0 aromatic carbocycles. The first-order chi connectivity index (χ1) is 7.74. The first kappa shape index (κ1) is 13.2. The summed E-state index contributed by atoms with van der Waals surface area (Å²) in [5, 5.41) is 3.45. The van der Waals surface area contributed by atoms with Crippen molar-refractivity contribution in [2.45, 2.75) is 39.3 Å². The van der Waals surface area contributed by atoms with Gasteiger partial charge < -0.3 is 14.6 Å². The number of aryl methyl sites for hydroxylation is 1.